The highest BCUT2D eigenvalue weighted by molar-refractivity contribution is 7.89. The number of nitrogens with zero attached hydrogens (tertiary/aromatic N) is 2. The number of rotatable bonds is 3. The molecule has 0 bridgehead atoms. The van der Waals surface area contributed by atoms with E-state index in [0.29, 0.717) is 11.4 Å². The maximum atomic E-state index is 13.1. The Labute approximate surface area is 139 Å². The molecule has 128 valence electrons. The molecule has 3 rings (SSSR count). The lowest BCUT2D eigenvalue weighted by Crippen LogP contribution is -2.48. The molecule has 23 heavy (non-hydrogen) atoms. The Balaban J connectivity index is 1.97. The molecule has 0 radical (unpaired) electrons. The van der Waals surface area contributed by atoms with Crippen molar-refractivity contribution < 1.29 is 13.5 Å². The molecule has 2 aliphatic rings. The van der Waals surface area contributed by atoms with Crippen molar-refractivity contribution in [1.82, 2.24) is 4.31 Å². The van der Waals surface area contributed by atoms with Crippen LogP contribution in [0.15, 0.2) is 23.1 Å². The van der Waals surface area contributed by atoms with Gasteiger partial charge in [0.15, 0.2) is 0 Å². The van der Waals surface area contributed by atoms with E-state index in [9.17, 15) is 13.5 Å². The molecule has 1 fully saturated rings. The van der Waals surface area contributed by atoms with E-state index >= 15 is 0 Å². The van der Waals surface area contributed by atoms with Gasteiger partial charge in [0.25, 0.3) is 0 Å². The quantitative estimate of drug-likeness (QED) is 0.916. The molecule has 0 amide bonds. The van der Waals surface area contributed by atoms with Crippen LogP contribution in [-0.2, 0) is 16.4 Å². The van der Waals surface area contributed by atoms with Gasteiger partial charge in [-0.1, -0.05) is 12.5 Å². The van der Waals surface area contributed by atoms with Crippen LogP contribution in [-0.4, -0.2) is 50.1 Å². The summed E-state index contributed by atoms with van der Waals surface area (Å²) in [6.45, 7) is 3.13. The molecule has 1 aromatic carbocycles. The van der Waals surface area contributed by atoms with E-state index in [0.717, 1.165) is 44.3 Å². The molecular formula is C17H26N2O3S. The van der Waals surface area contributed by atoms with E-state index < -0.39 is 16.1 Å². The molecule has 1 N–H and O–H groups in total. The van der Waals surface area contributed by atoms with Gasteiger partial charge in [-0.3, -0.25) is 0 Å². The minimum Gasteiger partial charge on any atom is -0.392 e. The standard InChI is InChI=1S/C17H26N2O3S/c1-13(20)16-7-3-4-11-19(16)23(21,22)15-9-8-14-6-5-10-18(2)17(14)12-15/h8-9,12-13,16,20H,3-7,10-11H2,1-2H3. The number of aliphatic hydroxyl groups is 1. The van der Waals surface area contributed by atoms with Crippen LogP contribution in [0.4, 0.5) is 5.69 Å². The van der Waals surface area contributed by atoms with Gasteiger partial charge in [0.05, 0.1) is 17.0 Å². The lowest BCUT2D eigenvalue weighted by molar-refractivity contribution is 0.0831. The van der Waals surface area contributed by atoms with Gasteiger partial charge in [0.2, 0.25) is 10.0 Å². The summed E-state index contributed by atoms with van der Waals surface area (Å²) < 4.78 is 27.7. The van der Waals surface area contributed by atoms with Crippen LogP contribution >= 0.6 is 0 Å². The highest BCUT2D eigenvalue weighted by Crippen LogP contribution is 2.32. The first kappa shape index (κ1) is 16.7. The largest absolute Gasteiger partial charge is 0.392 e. The fourth-order valence-corrected chi connectivity index (χ4v) is 5.52. The lowest BCUT2D eigenvalue weighted by atomic mass is 10.0. The van der Waals surface area contributed by atoms with Crippen molar-refractivity contribution in [2.75, 3.05) is 25.0 Å². The second kappa shape index (κ2) is 6.42. The third kappa shape index (κ3) is 3.12. The van der Waals surface area contributed by atoms with Crippen LogP contribution in [0.25, 0.3) is 0 Å². The molecule has 6 heteroatoms. The maximum Gasteiger partial charge on any atom is 0.243 e. The third-order valence-electron chi connectivity index (χ3n) is 5.07. The van der Waals surface area contributed by atoms with Gasteiger partial charge in [-0.05, 0) is 50.3 Å². The third-order valence-corrected chi connectivity index (χ3v) is 6.99. The normalized spacial score (nSPS) is 24.3. The van der Waals surface area contributed by atoms with Crippen molar-refractivity contribution in [2.24, 2.45) is 0 Å². The van der Waals surface area contributed by atoms with Crippen molar-refractivity contribution in [3.63, 3.8) is 0 Å². The summed E-state index contributed by atoms with van der Waals surface area (Å²) in [5.41, 5.74) is 2.23. The fraction of sp³-hybridized carbons (Fsp3) is 0.647. The molecule has 5 nitrogen and oxygen atoms in total. The zero-order valence-electron chi connectivity index (χ0n) is 13.9. The molecule has 2 heterocycles. The van der Waals surface area contributed by atoms with Crippen molar-refractivity contribution in [1.29, 1.82) is 0 Å². The van der Waals surface area contributed by atoms with Crippen LogP contribution < -0.4 is 4.90 Å². The number of hydrogen-bond acceptors (Lipinski definition) is 4. The molecule has 2 atom stereocenters. The van der Waals surface area contributed by atoms with E-state index in [2.05, 4.69) is 4.90 Å². The Hall–Kier alpha value is -1.11. The highest BCUT2D eigenvalue weighted by atomic mass is 32.2. The van der Waals surface area contributed by atoms with Gasteiger partial charge < -0.3 is 10.0 Å². The van der Waals surface area contributed by atoms with E-state index in [1.165, 1.54) is 9.87 Å². The lowest BCUT2D eigenvalue weighted by Gasteiger charge is -2.36. The zero-order chi connectivity index (χ0) is 16.6. The van der Waals surface area contributed by atoms with Crippen LogP contribution in [0.2, 0.25) is 0 Å². The minimum atomic E-state index is -3.57. The molecule has 1 aromatic rings. The number of hydrogen-bond donors (Lipinski definition) is 1. The van der Waals surface area contributed by atoms with Gasteiger partial charge in [-0.25, -0.2) is 8.42 Å². The zero-order valence-corrected chi connectivity index (χ0v) is 14.7. The average molecular weight is 338 g/mol. The summed E-state index contributed by atoms with van der Waals surface area (Å²) in [7, 11) is -1.56. The average Bonchev–Trinajstić information content (AvgIpc) is 2.55. The molecule has 0 aromatic heterocycles. The Morgan fingerprint density at radius 3 is 2.74 bits per heavy atom. The fourth-order valence-electron chi connectivity index (χ4n) is 3.74. The van der Waals surface area contributed by atoms with Crippen molar-refractivity contribution in [3.8, 4) is 0 Å². The van der Waals surface area contributed by atoms with Crippen LogP contribution in [0.1, 0.15) is 38.2 Å². The molecule has 0 spiro atoms. The van der Waals surface area contributed by atoms with Crippen LogP contribution in [0.3, 0.4) is 0 Å². The number of aliphatic hydroxyl groups excluding tert-OH is 1. The van der Waals surface area contributed by atoms with Gasteiger partial charge in [0, 0.05) is 25.8 Å². The Kier molecular flexibility index (Phi) is 4.67. The molecule has 1 saturated heterocycles. The summed E-state index contributed by atoms with van der Waals surface area (Å²) in [6, 6.07) is 5.15. The van der Waals surface area contributed by atoms with Crippen molar-refractivity contribution in [3.05, 3.63) is 23.8 Å². The monoisotopic (exact) mass is 338 g/mol. The predicted octanol–water partition coefficient (Wildman–Crippen LogP) is 1.99. The summed E-state index contributed by atoms with van der Waals surface area (Å²) in [5, 5.41) is 9.98. The van der Waals surface area contributed by atoms with Gasteiger partial charge in [-0.2, -0.15) is 4.31 Å². The Morgan fingerprint density at radius 1 is 1.22 bits per heavy atom. The summed E-state index contributed by atoms with van der Waals surface area (Å²) in [5.74, 6) is 0. The molecule has 2 aliphatic heterocycles. The number of sulfonamides is 1. The number of anilines is 1. The molecule has 2 unspecified atom stereocenters. The van der Waals surface area contributed by atoms with E-state index in [1.807, 2.05) is 13.1 Å². The van der Waals surface area contributed by atoms with Gasteiger partial charge in [-0.15, -0.1) is 0 Å². The van der Waals surface area contributed by atoms with Gasteiger partial charge >= 0.3 is 0 Å². The first-order valence-electron chi connectivity index (χ1n) is 8.45. The summed E-state index contributed by atoms with van der Waals surface area (Å²) in [4.78, 5) is 2.47. The molecule has 0 aliphatic carbocycles. The second-order valence-corrected chi connectivity index (χ2v) is 8.63. The first-order chi connectivity index (χ1) is 10.9. The maximum absolute atomic E-state index is 13.1. The molecular weight excluding hydrogens is 312 g/mol. The summed E-state index contributed by atoms with van der Waals surface area (Å²) >= 11 is 0. The smallest absolute Gasteiger partial charge is 0.243 e. The number of aryl methyl sites for hydroxylation is 1. The number of piperidine rings is 1. The second-order valence-electron chi connectivity index (χ2n) is 6.74. The van der Waals surface area contributed by atoms with Crippen molar-refractivity contribution in [2.45, 2.75) is 56.1 Å². The SMILES string of the molecule is CC(O)C1CCCCN1S(=O)(=O)c1ccc2c(c1)N(C)CCC2. The summed E-state index contributed by atoms with van der Waals surface area (Å²) in [6.07, 6.45) is 4.00. The van der Waals surface area contributed by atoms with Crippen molar-refractivity contribution >= 4 is 15.7 Å². The van der Waals surface area contributed by atoms with Crippen LogP contribution in [0.5, 0.6) is 0 Å². The minimum absolute atomic E-state index is 0.317. The molecule has 0 saturated carbocycles. The van der Waals surface area contributed by atoms with E-state index in [1.54, 1.807) is 19.1 Å². The van der Waals surface area contributed by atoms with E-state index in [-0.39, 0.29) is 6.04 Å². The van der Waals surface area contributed by atoms with Gasteiger partial charge in [0.1, 0.15) is 0 Å². The Bertz CT molecular complexity index is 672. The highest BCUT2D eigenvalue weighted by Gasteiger charge is 2.36. The first-order valence-corrected chi connectivity index (χ1v) is 9.89. The predicted molar refractivity (Wildman–Crippen MR) is 91.2 cm³/mol. The van der Waals surface area contributed by atoms with Crippen LogP contribution in [0, 0.1) is 0 Å². The Morgan fingerprint density at radius 2 is 2.00 bits per heavy atom. The number of fused-ring (bicyclic) bond motifs is 1. The topological polar surface area (TPSA) is 60.9 Å². The number of benzene rings is 1. The van der Waals surface area contributed by atoms with E-state index in [4.69, 9.17) is 0 Å².